The summed E-state index contributed by atoms with van der Waals surface area (Å²) in [6.07, 6.45) is 1.89. The van der Waals surface area contributed by atoms with Crippen LogP contribution in [0, 0.1) is 0 Å². The summed E-state index contributed by atoms with van der Waals surface area (Å²) in [5, 5.41) is 0. The van der Waals surface area contributed by atoms with Gasteiger partial charge in [0.15, 0.2) is 6.29 Å². The summed E-state index contributed by atoms with van der Waals surface area (Å²) in [6, 6.07) is 15.8. The predicted octanol–water partition coefficient (Wildman–Crippen LogP) is 3.53. The fraction of sp³-hybridized carbons (Fsp3) is 0.176. The number of aryl methyl sites for hydroxylation is 1. The Balaban J connectivity index is 2.47. The van der Waals surface area contributed by atoms with E-state index in [0.29, 0.717) is 5.56 Å². The summed E-state index contributed by atoms with van der Waals surface area (Å²) < 4.78 is 0. The zero-order chi connectivity index (χ0) is 13.7. The van der Waals surface area contributed by atoms with E-state index < -0.39 is 0 Å². The number of hydrogen-bond acceptors (Lipinski definition) is 2. The van der Waals surface area contributed by atoms with E-state index in [4.69, 9.17) is 0 Å². The van der Waals surface area contributed by atoms with Crippen molar-refractivity contribution in [3.05, 3.63) is 70.8 Å². The molecule has 19 heavy (non-hydrogen) atoms. The molecule has 2 heteroatoms. The zero-order valence-corrected chi connectivity index (χ0v) is 11.3. The molecule has 0 aliphatic heterocycles. The van der Waals surface area contributed by atoms with Crippen LogP contribution in [-0.2, 0) is 6.42 Å². The largest absolute Gasteiger partial charge is 0.298 e. The van der Waals surface area contributed by atoms with Crippen molar-refractivity contribution in [3.8, 4) is 0 Å². The number of hydrogen-bond donors (Lipinski definition) is 0. The van der Waals surface area contributed by atoms with Crippen molar-refractivity contribution in [2.24, 2.45) is 4.99 Å². The van der Waals surface area contributed by atoms with Crippen LogP contribution in [0.5, 0.6) is 0 Å². The molecule has 0 N–H and O–H groups in total. The molecule has 0 saturated carbocycles. The molecule has 2 aromatic rings. The van der Waals surface area contributed by atoms with Gasteiger partial charge < -0.3 is 0 Å². The van der Waals surface area contributed by atoms with Crippen LogP contribution in [0.25, 0.3) is 0 Å². The maximum Gasteiger partial charge on any atom is 0.150 e. The maximum absolute atomic E-state index is 11.1. The van der Waals surface area contributed by atoms with Gasteiger partial charge in [-0.3, -0.25) is 9.79 Å². The summed E-state index contributed by atoms with van der Waals surface area (Å²) in [7, 11) is 1.75. The van der Waals surface area contributed by atoms with Crippen molar-refractivity contribution < 1.29 is 4.79 Å². The molecule has 0 aliphatic carbocycles. The van der Waals surface area contributed by atoms with Crippen molar-refractivity contribution in [3.63, 3.8) is 0 Å². The minimum absolute atomic E-state index is 0.669. The van der Waals surface area contributed by atoms with Crippen molar-refractivity contribution in [2.45, 2.75) is 13.3 Å². The van der Waals surface area contributed by atoms with Gasteiger partial charge >= 0.3 is 0 Å². The van der Waals surface area contributed by atoms with E-state index in [1.165, 1.54) is 5.56 Å². The third-order valence-electron chi connectivity index (χ3n) is 3.20. The number of aldehydes is 1. The Morgan fingerprint density at radius 3 is 2.37 bits per heavy atom. The summed E-state index contributed by atoms with van der Waals surface area (Å²) in [4.78, 5) is 15.5. The number of rotatable bonds is 4. The highest BCUT2D eigenvalue weighted by Gasteiger charge is 2.10. The molecule has 0 radical (unpaired) electrons. The smallest absolute Gasteiger partial charge is 0.150 e. The summed E-state index contributed by atoms with van der Waals surface area (Å²) >= 11 is 0. The monoisotopic (exact) mass is 251 g/mol. The molecular weight excluding hydrogens is 234 g/mol. The molecule has 0 aromatic heterocycles. The molecule has 96 valence electrons. The Kier molecular flexibility index (Phi) is 4.24. The quantitative estimate of drug-likeness (QED) is 0.603. The van der Waals surface area contributed by atoms with Gasteiger partial charge in [0.25, 0.3) is 0 Å². The Hall–Kier alpha value is -2.22. The Morgan fingerprint density at radius 2 is 1.79 bits per heavy atom. The lowest BCUT2D eigenvalue weighted by atomic mass is 9.97. The highest BCUT2D eigenvalue weighted by atomic mass is 16.1. The fourth-order valence-electron chi connectivity index (χ4n) is 2.12. The Morgan fingerprint density at radius 1 is 1.11 bits per heavy atom. The minimum Gasteiger partial charge on any atom is -0.298 e. The molecule has 0 aliphatic rings. The lowest BCUT2D eigenvalue weighted by Crippen LogP contribution is -2.06. The Bertz CT molecular complexity index is 597. The molecule has 0 heterocycles. The van der Waals surface area contributed by atoms with Crippen LogP contribution in [-0.4, -0.2) is 19.0 Å². The van der Waals surface area contributed by atoms with Crippen LogP contribution < -0.4 is 0 Å². The van der Waals surface area contributed by atoms with Gasteiger partial charge in [-0.2, -0.15) is 0 Å². The maximum atomic E-state index is 11.1. The molecule has 2 aromatic carbocycles. The van der Waals surface area contributed by atoms with Gasteiger partial charge in [-0.15, -0.1) is 0 Å². The van der Waals surface area contributed by atoms with Crippen molar-refractivity contribution in [1.82, 2.24) is 0 Å². The summed E-state index contributed by atoms with van der Waals surface area (Å²) in [5.41, 5.74) is 4.73. The molecule has 0 unspecified atom stereocenters. The fourth-order valence-corrected chi connectivity index (χ4v) is 2.12. The van der Waals surface area contributed by atoms with Gasteiger partial charge in [-0.25, -0.2) is 0 Å². The number of carbonyl (C=O) groups excluding carboxylic acids is 1. The number of carbonyl (C=O) groups is 1. The van der Waals surface area contributed by atoms with E-state index in [2.05, 4.69) is 36.2 Å². The molecule has 0 bridgehead atoms. The molecule has 2 nitrogen and oxygen atoms in total. The van der Waals surface area contributed by atoms with E-state index in [0.717, 1.165) is 29.5 Å². The van der Waals surface area contributed by atoms with Gasteiger partial charge in [0.05, 0.1) is 5.71 Å². The third kappa shape index (κ3) is 2.79. The lowest BCUT2D eigenvalue weighted by molar-refractivity contribution is 0.112. The zero-order valence-electron chi connectivity index (χ0n) is 11.3. The van der Waals surface area contributed by atoms with E-state index in [1.54, 1.807) is 7.05 Å². The number of aliphatic imine (C=N–C) groups is 1. The second kappa shape index (κ2) is 6.10. The van der Waals surface area contributed by atoms with E-state index >= 15 is 0 Å². The van der Waals surface area contributed by atoms with E-state index in [9.17, 15) is 4.79 Å². The van der Waals surface area contributed by atoms with Crippen LogP contribution in [0.3, 0.4) is 0 Å². The van der Waals surface area contributed by atoms with Crippen LogP contribution >= 0.6 is 0 Å². The van der Waals surface area contributed by atoms with Crippen molar-refractivity contribution in [2.75, 3.05) is 7.05 Å². The first-order valence-electron chi connectivity index (χ1n) is 6.40. The number of nitrogens with zero attached hydrogens (tertiary/aromatic N) is 1. The molecule has 0 atom stereocenters. The molecule has 2 rings (SSSR count). The average Bonchev–Trinajstić information content (AvgIpc) is 2.49. The first-order valence-corrected chi connectivity index (χ1v) is 6.40. The van der Waals surface area contributed by atoms with E-state index in [-0.39, 0.29) is 0 Å². The normalized spacial score (nSPS) is 11.4. The highest BCUT2D eigenvalue weighted by Crippen LogP contribution is 2.15. The van der Waals surface area contributed by atoms with Gasteiger partial charge in [-0.1, -0.05) is 55.5 Å². The molecule has 0 amide bonds. The van der Waals surface area contributed by atoms with Gasteiger partial charge in [0.1, 0.15) is 0 Å². The molecule has 0 spiro atoms. The lowest BCUT2D eigenvalue weighted by Gasteiger charge is -2.09. The topological polar surface area (TPSA) is 29.4 Å². The standard InChI is InChI=1S/C17H17NO/c1-3-13-8-10-14(11-9-13)17(18-2)16-7-5-4-6-15(16)12-19/h4-12H,3H2,1-2H3. The van der Waals surface area contributed by atoms with Crippen LogP contribution in [0.4, 0.5) is 0 Å². The number of benzene rings is 2. The van der Waals surface area contributed by atoms with E-state index in [1.807, 2.05) is 24.3 Å². The van der Waals surface area contributed by atoms with Gasteiger partial charge in [0.2, 0.25) is 0 Å². The third-order valence-corrected chi connectivity index (χ3v) is 3.20. The summed E-state index contributed by atoms with van der Waals surface area (Å²) in [5.74, 6) is 0. The first kappa shape index (κ1) is 13.2. The minimum atomic E-state index is 0.669. The first-order chi connectivity index (χ1) is 9.30. The van der Waals surface area contributed by atoms with Crippen molar-refractivity contribution in [1.29, 1.82) is 0 Å². The van der Waals surface area contributed by atoms with Gasteiger partial charge in [-0.05, 0) is 12.0 Å². The van der Waals surface area contributed by atoms with Gasteiger partial charge in [0, 0.05) is 23.7 Å². The molecular formula is C17H17NO. The Labute approximate surface area is 113 Å². The molecule has 0 saturated heterocycles. The summed E-state index contributed by atoms with van der Waals surface area (Å²) in [6.45, 7) is 2.13. The predicted molar refractivity (Wildman–Crippen MR) is 79.2 cm³/mol. The SMILES string of the molecule is CCc1ccc(C(=NC)c2ccccc2C=O)cc1. The van der Waals surface area contributed by atoms with Crippen LogP contribution in [0.2, 0.25) is 0 Å². The molecule has 0 fully saturated rings. The van der Waals surface area contributed by atoms with Crippen LogP contribution in [0.1, 0.15) is 34.0 Å². The average molecular weight is 251 g/mol. The highest BCUT2D eigenvalue weighted by molar-refractivity contribution is 6.16. The second-order valence-corrected chi connectivity index (χ2v) is 4.33. The van der Waals surface area contributed by atoms with Crippen molar-refractivity contribution >= 4 is 12.0 Å². The second-order valence-electron chi connectivity index (χ2n) is 4.33. The van der Waals surface area contributed by atoms with Crippen LogP contribution in [0.15, 0.2) is 53.5 Å².